The highest BCUT2D eigenvalue weighted by Gasteiger charge is 2.07. The van der Waals surface area contributed by atoms with Crippen molar-refractivity contribution in [1.29, 1.82) is 0 Å². The molecule has 0 spiro atoms. The number of fused-ring (bicyclic) bond motifs is 20. The Kier molecular flexibility index (Phi) is 9.03. The predicted molar refractivity (Wildman–Crippen MR) is 214 cm³/mol. The number of nitrogens with zero attached hydrogens (tertiary/aromatic N) is 8. The molecule has 256 valence electrons. The van der Waals surface area contributed by atoms with Crippen molar-refractivity contribution in [1.82, 2.24) is 39.9 Å². The van der Waals surface area contributed by atoms with E-state index in [4.69, 9.17) is 39.9 Å². The van der Waals surface area contributed by atoms with Crippen molar-refractivity contribution in [2.24, 2.45) is 0 Å². The third kappa shape index (κ3) is 7.77. The third-order valence-corrected chi connectivity index (χ3v) is 8.32. The lowest BCUT2D eigenvalue weighted by atomic mass is 10.2. The number of hydrogen-bond acceptors (Lipinski definition) is 8. The lowest BCUT2D eigenvalue weighted by Gasteiger charge is -2.03. The maximum Gasteiger partial charge on any atom is 0.114 e. The van der Waals surface area contributed by atoms with Gasteiger partial charge in [-0.2, -0.15) is 0 Å². The zero-order chi connectivity index (χ0) is 37.5. The predicted octanol–water partition coefficient (Wildman–Crippen LogP) is 7.43. The number of aromatic nitrogens is 8. The lowest BCUT2D eigenvalue weighted by molar-refractivity contribution is 1.20. The summed E-state index contributed by atoms with van der Waals surface area (Å²) in [5.74, 6) is 25.2. The number of rotatable bonds is 0. The van der Waals surface area contributed by atoms with Gasteiger partial charge in [0, 0.05) is 0 Å². The molecule has 9 rings (SSSR count). The van der Waals surface area contributed by atoms with Gasteiger partial charge < -0.3 is 0 Å². The van der Waals surface area contributed by atoms with Crippen LogP contribution in [0.25, 0.3) is 45.6 Å². The first-order valence-electron chi connectivity index (χ1n) is 17.5. The van der Waals surface area contributed by atoms with Crippen LogP contribution in [0.4, 0.5) is 0 Å². The molecule has 56 heavy (non-hydrogen) atoms. The summed E-state index contributed by atoms with van der Waals surface area (Å²) in [7, 11) is 0. The Hall–Kier alpha value is -8.56. The molecule has 1 aliphatic rings. The first kappa shape index (κ1) is 33.3. The quantitative estimate of drug-likeness (QED) is 0.150. The summed E-state index contributed by atoms with van der Waals surface area (Å²) in [4.78, 5) is 38.1. The molecule has 9 heterocycles. The second-order valence-electron chi connectivity index (χ2n) is 12.3. The molecule has 0 N–H and O–H groups in total. The maximum atomic E-state index is 4.76. The van der Waals surface area contributed by atoms with Crippen LogP contribution in [-0.2, 0) is 0 Å². The molecule has 8 aromatic rings. The summed E-state index contributed by atoms with van der Waals surface area (Å²) in [6, 6.07) is 45.3. The van der Waals surface area contributed by atoms with Crippen LogP contribution in [0, 0.1) is 47.4 Å². The largest absolute Gasteiger partial charge is 0.238 e. The Morgan fingerprint density at radius 3 is 0.429 bits per heavy atom. The summed E-state index contributed by atoms with van der Waals surface area (Å²) in [6.45, 7) is 0. The number of pyridine rings is 8. The highest BCUT2D eigenvalue weighted by molar-refractivity contribution is 5.61. The number of hydrogen-bond donors (Lipinski definition) is 0. The molecule has 1 aliphatic heterocycles. The summed E-state index contributed by atoms with van der Waals surface area (Å²) < 4.78 is 0. The van der Waals surface area contributed by atoms with E-state index in [0.717, 1.165) is 0 Å². The first-order chi connectivity index (χ1) is 27.7. The topological polar surface area (TPSA) is 103 Å². The fraction of sp³-hybridized carbons (Fsp3) is 0. The van der Waals surface area contributed by atoms with Gasteiger partial charge in [-0.25, -0.2) is 39.9 Å². The normalized spacial score (nSPS) is 10.9. The molecule has 0 fully saturated rings. The Bertz CT molecular complexity index is 2470. The van der Waals surface area contributed by atoms with E-state index >= 15 is 0 Å². The Labute approximate surface area is 322 Å². The lowest BCUT2D eigenvalue weighted by Crippen LogP contribution is -1.94. The summed E-state index contributed by atoms with van der Waals surface area (Å²) >= 11 is 0. The minimum Gasteiger partial charge on any atom is -0.238 e. The minimum absolute atomic E-state index is 0.584. The van der Waals surface area contributed by atoms with Crippen LogP contribution in [0.1, 0.15) is 45.6 Å². The zero-order valence-corrected chi connectivity index (χ0v) is 29.4. The van der Waals surface area contributed by atoms with Gasteiger partial charge in [-0.1, -0.05) is 48.5 Å². The van der Waals surface area contributed by atoms with Gasteiger partial charge in [0.05, 0.1) is 45.6 Å². The van der Waals surface area contributed by atoms with Crippen LogP contribution in [0.3, 0.4) is 0 Å². The van der Waals surface area contributed by atoms with Gasteiger partial charge in [0.2, 0.25) is 0 Å². The van der Waals surface area contributed by atoms with Crippen LogP contribution in [0.2, 0.25) is 0 Å². The van der Waals surface area contributed by atoms with E-state index in [-0.39, 0.29) is 0 Å². The third-order valence-electron chi connectivity index (χ3n) is 8.32. The van der Waals surface area contributed by atoms with Crippen LogP contribution in [0.5, 0.6) is 0 Å². The fourth-order valence-corrected chi connectivity index (χ4v) is 5.69. The summed E-state index contributed by atoms with van der Waals surface area (Å²) in [5, 5.41) is 0. The molecule has 8 heteroatoms. The fourth-order valence-electron chi connectivity index (χ4n) is 5.69. The van der Waals surface area contributed by atoms with Gasteiger partial charge >= 0.3 is 0 Å². The molecule has 16 bridgehead atoms. The van der Waals surface area contributed by atoms with Crippen molar-refractivity contribution in [3.63, 3.8) is 0 Å². The van der Waals surface area contributed by atoms with Crippen molar-refractivity contribution in [2.45, 2.75) is 0 Å². The maximum absolute atomic E-state index is 4.76. The van der Waals surface area contributed by atoms with Gasteiger partial charge in [0.15, 0.2) is 0 Å². The molecule has 0 aromatic carbocycles. The molecular weight excluding hydrogens is 689 g/mol. The zero-order valence-electron chi connectivity index (χ0n) is 29.4. The molecule has 0 aliphatic carbocycles. The van der Waals surface area contributed by atoms with Gasteiger partial charge in [-0.05, 0) is 144 Å². The molecule has 0 unspecified atom stereocenters. The minimum atomic E-state index is 0.584. The average Bonchev–Trinajstić information content (AvgIpc) is 3.27. The molecule has 0 amide bonds. The molecule has 0 saturated heterocycles. The molecule has 0 saturated carbocycles. The van der Waals surface area contributed by atoms with Crippen LogP contribution < -0.4 is 0 Å². The molecular formula is C48H24N8. The summed E-state index contributed by atoms with van der Waals surface area (Å²) in [6.07, 6.45) is 0. The van der Waals surface area contributed by atoms with E-state index in [0.29, 0.717) is 91.1 Å². The van der Waals surface area contributed by atoms with E-state index in [1.165, 1.54) is 0 Å². The van der Waals surface area contributed by atoms with E-state index in [1.54, 1.807) is 0 Å². The van der Waals surface area contributed by atoms with Gasteiger partial charge in [-0.15, -0.1) is 0 Å². The van der Waals surface area contributed by atoms with Crippen LogP contribution in [0.15, 0.2) is 146 Å². The standard InChI is InChI=1S/C48H24N8/c1-9-33-25-26-34-11-3-19-43(51-34)44-20-5-13-37(53-44)29-30-38-15-7-23-47(55-38)48-24-8-16-40(56-48)32-31-39-14-6-22-46(54-39)45-21-4-12-36(52-45)28-27-35-10-2-18-42(50-35)41(17-1)49-33/h1-24H. The van der Waals surface area contributed by atoms with E-state index in [1.807, 2.05) is 146 Å². The highest BCUT2D eigenvalue weighted by atomic mass is 14.8. The smallest absolute Gasteiger partial charge is 0.114 e. The molecule has 0 atom stereocenters. The Morgan fingerprint density at radius 1 is 0.179 bits per heavy atom. The monoisotopic (exact) mass is 712 g/mol. The van der Waals surface area contributed by atoms with Gasteiger partial charge in [-0.3, -0.25) is 0 Å². The molecule has 0 radical (unpaired) electrons. The van der Waals surface area contributed by atoms with E-state index < -0.39 is 0 Å². The van der Waals surface area contributed by atoms with Crippen molar-refractivity contribution in [3.05, 3.63) is 191 Å². The average molecular weight is 713 g/mol. The first-order valence-corrected chi connectivity index (χ1v) is 17.5. The second-order valence-corrected chi connectivity index (χ2v) is 12.3. The van der Waals surface area contributed by atoms with Gasteiger partial charge in [0.1, 0.15) is 45.6 Å². The summed E-state index contributed by atoms with van der Waals surface area (Å²) in [5.41, 5.74) is 10.1. The van der Waals surface area contributed by atoms with Crippen LogP contribution >= 0.6 is 0 Å². The van der Waals surface area contributed by atoms with Gasteiger partial charge in [0.25, 0.3) is 0 Å². The Morgan fingerprint density at radius 2 is 0.304 bits per heavy atom. The second kappa shape index (κ2) is 15.2. The van der Waals surface area contributed by atoms with Crippen molar-refractivity contribution >= 4 is 0 Å². The van der Waals surface area contributed by atoms with Crippen molar-refractivity contribution < 1.29 is 0 Å². The molecule has 8 aromatic heterocycles. The van der Waals surface area contributed by atoms with E-state index in [2.05, 4.69) is 47.4 Å². The van der Waals surface area contributed by atoms with E-state index in [9.17, 15) is 0 Å². The van der Waals surface area contributed by atoms with Crippen LogP contribution in [-0.4, -0.2) is 39.9 Å². The van der Waals surface area contributed by atoms with Crippen molar-refractivity contribution in [3.8, 4) is 92.9 Å². The molecule has 8 nitrogen and oxygen atoms in total. The SMILES string of the molecule is C1#Cc2cccc(n2)-c2cccc(n2)C#Cc2cccc(n2)-c2cccc(n2)C#Cc2cccc(n2)-c2cccc(n2)C#Cc2cccc(n2)-c2cccc1n2. The highest BCUT2D eigenvalue weighted by Crippen LogP contribution is 2.19. The van der Waals surface area contributed by atoms with Crippen molar-refractivity contribution in [2.75, 3.05) is 0 Å². The Balaban J connectivity index is 1.12.